The van der Waals surface area contributed by atoms with Crippen LogP contribution in [0.25, 0.3) is 0 Å². The van der Waals surface area contributed by atoms with Gasteiger partial charge in [-0.3, -0.25) is 4.79 Å². The third-order valence-corrected chi connectivity index (χ3v) is 6.07. The Morgan fingerprint density at radius 3 is 3.10 bits per heavy atom. The Morgan fingerprint density at radius 2 is 2.25 bits per heavy atom. The normalized spacial score (nSPS) is 32.3. The highest BCUT2D eigenvalue weighted by Gasteiger charge is 2.42. The number of rotatable bonds is 2. The van der Waals surface area contributed by atoms with E-state index in [1.165, 1.54) is 10.5 Å². The highest BCUT2D eigenvalue weighted by atomic mass is 32.2. The number of nitrogens with one attached hydrogen (secondary N) is 1. The summed E-state index contributed by atoms with van der Waals surface area (Å²) in [5.41, 5.74) is 1.45. The van der Waals surface area contributed by atoms with Crippen LogP contribution in [0.4, 0.5) is 0 Å². The van der Waals surface area contributed by atoms with Crippen molar-refractivity contribution in [2.45, 2.75) is 35.4 Å². The number of piperidine rings is 1. The van der Waals surface area contributed by atoms with Crippen LogP contribution in [0.3, 0.4) is 0 Å². The van der Waals surface area contributed by atoms with Crippen LogP contribution >= 0.6 is 11.8 Å². The third-order valence-electron chi connectivity index (χ3n) is 4.77. The second kappa shape index (κ2) is 5.08. The molecule has 0 aromatic heterocycles. The van der Waals surface area contributed by atoms with Crippen molar-refractivity contribution in [3.05, 3.63) is 29.8 Å². The number of thioether (sulfide) groups is 1. The summed E-state index contributed by atoms with van der Waals surface area (Å²) in [4.78, 5) is 16.0. The van der Waals surface area contributed by atoms with Gasteiger partial charge in [-0.05, 0) is 37.4 Å². The number of benzene rings is 1. The highest BCUT2D eigenvalue weighted by Crippen LogP contribution is 2.38. The molecular formula is C16H20N2OS. The molecule has 1 amide bonds. The minimum Gasteiger partial charge on any atom is -0.340 e. The molecule has 0 saturated carbocycles. The van der Waals surface area contributed by atoms with Gasteiger partial charge in [-0.1, -0.05) is 18.2 Å². The minimum atomic E-state index is 0.248. The molecule has 3 aliphatic rings. The first-order valence-corrected chi connectivity index (χ1v) is 8.46. The van der Waals surface area contributed by atoms with Crippen molar-refractivity contribution in [1.29, 1.82) is 0 Å². The molecule has 1 N–H and O–H groups in total. The third kappa shape index (κ3) is 2.15. The number of hydrogen-bond donors (Lipinski definition) is 1. The molecule has 2 saturated heterocycles. The molecule has 3 nitrogen and oxygen atoms in total. The number of hydrogen-bond acceptors (Lipinski definition) is 3. The summed E-state index contributed by atoms with van der Waals surface area (Å²) >= 11 is 1.94. The van der Waals surface area contributed by atoms with Gasteiger partial charge in [0.2, 0.25) is 5.91 Å². The summed E-state index contributed by atoms with van der Waals surface area (Å²) in [6, 6.07) is 9.04. The Balaban J connectivity index is 1.42. The molecule has 4 rings (SSSR count). The Labute approximate surface area is 124 Å². The summed E-state index contributed by atoms with van der Waals surface area (Å²) in [6.45, 7) is 2.90. The summed E-state index contributed by atoms with van der Waals surface area (Å²) in [5.74, 6) is 0.635. The van der Waals surface area contributed by atoms with Gasteiger partial charge in [-0.2, -0.15) is 0 Å². The zero-order valence-corrected chi connectivity index (χ0v) is 12.4. The van der Waals surface area contributed by atoms with Crippen molar-refractivity contribution in [1.82, 2.24) is 10.2 Å². The molecule has 1 aromatic rings. The van der Waals surface area contributed by atoms with E-state index in [-0.39, 0.29) is 5.92 Å². The van der Waals surface area contributed by atoms with Crippen molar-refractivity contribution >= 4 is 17.7 Å². The Hall–Kier alpha value is -1.00. The minimum absolute atomic E-state index is 0.248. The van der Waals surface area contributed by atoms with E-state index in [0.29, 0.717) is 17.2 Å². The average molecular weight is 288 g/mol. The van der Waals surface area contributed by atoms with Crippen molar-refractivity contribution in [3.63, 3.8) is 0 Å². The first-order chi connectivity index (χ1) is 9.81. The predicted octanol–water partition coefficient (Wildman–Crippen LogP) is 1.91. The van der Waals surface area contributed by atoms with Gasteiger partial charge in [0, 0.05) is 29.3 Å². The molecule has 0 radical (unpaired) electrons. The van der Waals surface area contributed by atoms with E-state index >= 15 is 0 Å². The highest BCUT2D eigenvalue weighted by molar-refractivity contribution is 8.00. The van der Waals surface area contributed by atoms with Crippen LogP contribution in [-0.2, 0) is 11.2 Å². The van der Waals surface area contributed by atoms with Crippen molar-refractivity contribution in [2.75, 3.05) is 19.6 Å². The van der Waals surface area contributed by atoms with E-state index in [4.69, 9.17) is 0 Å². The lowest BCUT2D eigenvalue weighted by Gasteiger charge is -2.23. The van der Waals surface area contributed by atoms with Crippen LogP contribution < -0.4 is 5.32 Å². The molecule has 0 spiro atoms. The molecule has 3 unspecified atom stereocenters. The molecule has 3 heterocycles. The Morgan fingerprint density at radius 1 is 1.35 bits per heavy atom. The monoisotopic (exact) mass is 288 g/mol. The van der Waals surface area contributed by atoms with Gasteiger partial charge in [-0.25, -0.2) is 0 Å². The molecule has 3 atom stereocenters. The fraction of sp³-hybridized carbons (Fsp3) is 0.562. The molecule has 2 fully saturated rings. The van der Waals surface area contributed by atoms with E-state index in [2.05, 4.69) is 34.5 Å². The number of carbonyl (C=O) groups excluding carboxylic acids is 1. The molecule has 0 aliphatic carbocycles. The van der Waals surface area contributed by atoms with E-state index < -0.39 is 0 Å². The van der Waals surface area contributed by atoms with Crippen LogP contribution in [0.15, 0.2) is 29.2 Å². The molecular weight excluding hydrogens is 268 g/mol. The summed E-state index contributed by atoms with van der Waals surface area (Å²) < 4.78 is 0. The van der Waals surface area contributed by atoms with Crippen LogP contribution in [0, 0.1) is 5.92 Å². The van der Waals surface area contributed by atoms with Crippen molar-refractivity contribution in [2.24, 2.45) is 5.92 Å². The average Bonchev–Trinajstić information content (AvgIpc) is 3.01. The van der Waals surface area contributed by atoms with Crippen LogP contribution in [0.1, 0.15) is 18.4 Å². The van der Waals surface area contributed by atoms with Gasteiger partial charge in [-0.15, -0.1) is 11.8 Å². The van der Waals surface area contributed by atoms with Crippen LogP contribution in [0.2, 0.25) is 0 Å². The lowest BCUT2D eigenvalue weighted by atomic mass is 9.94. The van der Waals surface area contributed by atoms with E-state index in [0.717, 1.165) is 38.9 Å². The maximum atomic E-state index is 12.5. The zero-order valence-electron chi connectivity index (χ0n) is 11.5. The van der Waals surface area contributed by atoms with Gasteiger partial charge in [0.1, 0.15) is 0 Å². The van der Waals surface area contributed by atoms with E-state index in [1.807, 2.05) is 11.8 Å². The summed E-state index contributed by atoms with van der Waals surface area (Å²) in [5, 5.41) is 4.05. The van der Waals surface area contributed by atoms with E-state index in [9.17, 15) is 4.79 Å². The second-order valence-corrected chi connectivity index (χ2v) is 7.45. The maximum Gasteiger partial charge on any atom is 0.227 e. The van der Waals surface area contributed by atoms with Gasteiger partial charge in [0.05, 0.1) is 5.92 Å². The SMILES string of the molecule is O=C1C2CCCNC2CN1CC1Cc2ccccc2S1. The Kier molecular flexibility index (Phi) is 3.23. The number of nitrogens with zero attached hydrogens (tertiary/aromatic N) is 1. The zero-order chi connectivity index (χ0) is 13.5. The predicted molar refractivity (Wildman–Crippen MR) is 80.9 cm³/mol. The number of fused-ring (bicyclic) bond motifs is 2. The van der Waals surface area contributed by atoms with E-state index in [1.54, 1.807) is 0 Å². The largest absolute Gasteiger partial charge is 0.340 e. The number of amides is 1. The van der Waals surface area contributed by atoms with Crippen LogP contribution in [-0.4, -0.2) is 41.7 Å². The molecule has 3 aliphatic heterocycles. The molecule has 1 aromatic carbocycles. The molecule has 4 heteroatoms. The smallest absolute Gasteiger partial charge is 0.227 e. The van der Waals surface area contributed by atoms with Gasteiger partial charge in [0.25, 0.3) is 0 Å². The van der Waals surface area contributed by atoms with Gasteiger partial charge >= 0.3 is 0 Å². The topological polar surface area (TPSA) is 32.3 Å². The molecule has 20 heavy (non-hydrogen) atoms. The molecule has 0 bridgehead atoms. The lowest BCUT2D eigenvalue weighted by Crippen LogP contribution is -2.41. The number of carbonyl (C=O) groups is 1. The first kappa shape index (κ1) is 12.7. The van der Waals surface area contributed by atoms with Crippen molar-refractivity contribution in [3.8, 4) is 0 Å². The maximum absolute atomic E-state index is 12.5. The second-order valence-electron chi connectivity index (χ2n) is 6.10. The number of likely N-dealkylation sites (tertiary alicyclic amines) is 1. The van der Waals surface area contributed by atoms with Gasteiger partial charge < -0.3 is 10.2 Å². The van der Waals surface area contributed by atoms with Crippen molar-refractivity contribution < 1.29 is 4.79 Å². The van der Waals surface area contributed by atoms with Crippen LogP contribution in [0.5, 0.6) is 0 Å². The summed E-state index contributed by atoms with van der Waals surface area (Å²) in [7, 11) is 0. The fourth-order valence-electron chi connectivity index (χ4n) is 3.77. The Bertz CT molecular complexity index is 508. The standard InChI is InChI=1S/C16H20N2OS/c19-16-13-5-3-7-17-14(13)10-18(16)9-12-8-11-4-1-2-6-15(11)20-12/h1-2,4,6,12-14,17H,3,5,7-10H2. The first-order valence-electron chi connectivity index (χ1n) is 7.58. The molecule has 106 valence electrons. The summed E-state index contributed by atoms with van der Waals surface area (Å²) in [6.07, 6.45) is 3.32. The van der Waals surface area contributed by atoms with Gasteiger partial charge in [0.15, 0.2) is 0 Å². The lowest BCUT2D eigenvalue weighted by molar-refractivity contribution is -0.131. The fourth-order valence-corrected chi connectivity index (χ4v) is 5.10. The quantitative estimate of drug-likeness (QED) is 0.902.